The summed E-state index contributed by atoms with van der Waals surface area (Å²) in [5.74, 6) is -0.750. The van der Waals surface area contributed by atoms with Crippen molar-refractivity contribution in [1.82, 2.24) is 9.78 Å². The maximum atomic E-state index is 13.6. The van der Waals surface area contributed by atoms with E-state index in [4.69, 9.17) is 5.73 Å². The first-order valence-electron chi connectivity index (χ1n) is 6.08. The van der Waals surface area contributed by atoms with Crippen molar-refractivity contribution in [2.75, 3.05) is 11.1 Å². The van der Waals surface area contributed by atoms with Gasteiger partial charge in [0.25, 0.3) is 0 Å². The third kappa shape index (κ3) is 2.67. The highest BCUT2D eigenvalue weighted by molar-refractivity contribution is 5.71. The molecule has 1 heterocycles. The minimum atomic E-state index is -0.665. The number of aromatic nitrogens is 2. The van der Waals surface area contributed by atoms with Crippen LogP contribution in [0, 0.1) is 18.6 Å². The van der Waals surface area contributed by atoms with E-state index in [1.165, 1.54) is 12.1 Å². The molecule has 0 amide bonds. The van der Waals surface area contributed by atoms with Gasteiger partial charge in [-0.1, -0.05) is 6.92 Å². The Labute approximate surface area is 110 Å². The van der Waals surface area contributed by atoms with Gasteiger partial charge in [0, 0.05) is 12.6 Å². The van der Waals surface area contributed by atoms with Crippen molar-refractivity contribution in [3.8, 4) is 0 Å². The van der Waals surface area contributed by atoms with Crippen LogP contribution in [0.3, 0.4) is 0 Å². The van der Waals surface area contributed by atoms with Crippen LogP contribution in [0.1, 0.15) is 19.0 Å². The van der Waals surface area contributed by atoms with Crippen LogP contribution < -0.4 is 11.1 Å². The molecule has 0 radical (unpaired) electrons. The SMILES string of the molecule is CCCn1nc(C)c(N)c1Nc1ccc(F)cc1F. The summed E-state index contributed by atoms with van der Waals surface area (Å²) in [6.07, 6.45) is 0.876. The molecular formula is C13H16F2N4. The topological polar surface area (TPSA) is 55.9 Å². The van der Waals surface area contributed by atoms with Crippen molar-refractivity contribution < 1.29 is 8.78 Å². The van der Waals surface area contributed by atoms with Crippen LogP contribution in [0.25, 0.3) is 0 Å². The number of nitrogen functional groups attached to an aromatic ring is 1. The fourth-order valence-corrected chi connectivity index (χ4v) is 1.82. The van der Waals surface area contributed by atoms with Crippen LogP contribution in [0.15, 0.2) is 18.2 Å². The molecule has 2 aromatic rings. The second kappa shape index (κ2) is 5.26. The van der Waals surface area contributed by atoms with Crippen molar-refractivity contribution in [2.24, 2.45) is 0 Å². The Morgan fingerprint density at radius 1 is 1.37 bits per heavy atom. The van der Waals surface area contributed by atoms with E-state index < -0.39 is 11.6 Å². The number of hydrogen-bond donors (Lipinski definition) is 2. The van der Waals surface area contributed by atoms with Crippen LogP contribution in [0.2, 0.25) is 0 Å². The highest BCUT2D eigenvalue weighted by Crippen LogP contribution is 2.27. The summed E-state index contributed by atoms with van der Waals surface area (Å²) in [6.45, 7) is 4.46. The van der Waals surface area contributed by atoms with Crippen LogP contribution >= 0.6 is 0 Å². The summed E-state index contributed by atoms with van der Waals surface area (Å²) in [5.41, 5.74) is 7.24. The number of aryl methyl sites for hydroxylation is 2. The lowest BCUT2D eigenvalue weighted by molar-refractivity contribution is 0.584. The molecule has 0 spiro atoms. The standard InChI is InChI=1S/C13H16F2N4/c1-3-6-19-13(12(16)8(2)18-19)17-11-5-4-9(14)7-10(11)15/h4-5,7,17H,3,6,16H2,1-2H3. The third-order valence-electron chi connectivity index (χ3n) is 2.79. The smallest absolute Gasteiger partial charge is 0.152 e. The first-order valence-corrected chi connectivity index (χ1v) is 6.08. The highest BCUT2D eigenvalue weighted by atomic mass is 19.1. The number of nitrogens with zero attached hydrogens (tertiary/aromatic N) is 2. The van der Waals surface area contributed by atoms with Crippen molar-refractivity contribution >= 4 is 17.2 Å². The summed E-state index contributed by atoms with van der Waals surface area (Å²) in [6, 6.07) is 3.35. The molecule has 102 valence electrons. The lowest BCUT2D eigenvalue weighted by atomic mass is 10.3. The van der Waals surface area contributed by atoms with Gasteiger partial charge in [-0.05, 0) is 25.5 Å². The molecule has 0 aliphatic rings. The molecule has 4 nitrogen and oxygen atoms in total. The van der Waals surface area contributed by atoms with Crippen LogP contribution in [-0.2, 0) is 6.54 Å². The number of anilines is 3. The molecular weight excluding hydrogens is 250 g/mol. The molecule has 19 heavy (non-hydrogen) atoms. The van der Waals surface area contributed by atoms with Gasteiger partial charge >= 0.3 is 0 Å². The van der Waals surface area contributed by atoms with Gasteiger partial charge in [0.2, 0.25) is 0 Å². The Morgan fingerprint density at radius 3 is 2.74 bits per heavy atom. The van der Waals surface area contributed by atoms with Crippen LogP contribution in [0.5, 0.6) is 0 Å². The van der Waals surface area contributed by atoms with Crippen molar-refractivity contribution in [2.45, 2.75) is 26.8 Å². The molecule has 1 aromatic heterocycles. The quantitative estimate of drug-likeness (QED) is 0.893. The molecule has 0 saturated carbocycles. The average molecular weight is 266 g/mol. The molecule has 0 atom stereocenters. The maximum absolute atomic E-state index is 13.6. The molecule has 1 aromatic carbocycles. The Bertz CT molecular complexity index is 593. The van der Waals surface area contributed by atoms with Crippen molar-refractivity contribution in [1.29, 1.82) is 0 Å². The number of nitrogens with one attached hydrogen (secondary N) is 1. The highest BCUT2D eigenvalue weighted by Gasteiger charge is 2.14. The predicted octanol–water partition coefficient (Wildman–Crippen LogP) is 3.21. The fraction of sp³-hybridized carbons (Fsp3) is 0.308. The predicted molar refractivity (Wildman–Crippen MR) is 71.3 cm³/mol. The molecule has 2 rings (SSSR count). The van der Waals surface area contributed by atoms with Crippen LogP contribution in [0.4, 0.5) is 26.0 Å². The molecule has 0 saturated heterocycles. The number of hydrogen-bond acceptors (Lipinski definition) is 3. The zero-order valence-corrected chi connectivity index (χ0v) is 10.9. The van der Waals surface area contributed by atoms with Crippen LogP contribution in [-0.4, -0.2) is 9.78 Å². The maximum Gasteiger partial charge on any atom is 0.152 e. The largest absolute Gasteiger partial charge is 0.394 e. The summed E-state index contributed by atoms with van der Waals surface area (Å²) in [4.78, 5) is 0. The van der Waals surface area contributed by atoms with E-state index in [-0.39, 0.29) is 5.69 Å². The lowest BCUT2D eigenvalue weighted by Gasteiger charge is -2.10. The van der Waals surface area contributed by atoms with E-state index in [2.05, 4.69) is 10.4 Å². The Hall–Kier alpha value is -2.11. The fourth-order valence-electron chi connectivity index (χ4n) is 1.82. The second-order valence-electron chi connectivity index (χ2n) is 4.32. The summed E-state index contributed by atoms with van der Waals surface area (Å²) >= 11 is 0. The minimum Gasteiger partial charge on any atom is -0.394 e. The van der Waals surface area contributed by atoms with Crippen molar-refractivity contribution in [3.05, 3.63) is 35.5 Å². The molecule has 0 unspecified atom stereocenters. The van der Waals surface area contributed by atoms with E-state index in [0.29, 0.717) is 23.7 Å². The zero-order chi connectivity index (χ0) is 14.0. The van der Waals surface area contributed by atoms with E-state index in [1.807, 2.05) is 6.92 Å². The Morgan fingerprint density at radius 2 is 2.11 bits per heavy atom. The van der Waals surface area contributed by atoms with E-state index >= 15 is 0 Å². The first kappa shape index (κ1) is 13.3. The summed E-state index contributed by atoms with van der Waals surface area (Å²) < 4.78 is 28.2. The van der Waals surface area contributed by atoms with Gasteiger partial charge in [-0.15, -0.1) is 0 Å². The Kier molecular flexibility index (Phi) is 3.69. The minimum absolute atomic E-state index is 0.172. The number of benzene rings is 1. The molecule has 3 N–H and O–H groups in total. The van der Waals surface area contributed by atoms with E-state index in [0.717, 1.165) is 12.5 Å². The van der Waals surface area contributed by atoms with Gasteiger partial charge in [-0.25, -0.2) is 13.5 Å². The van der Waals surface area contributed by atoms with Gasteiger partial charge in [0.15, 0.2) is 5.82 Å². The number of halogens is 2. The zero-order valence-electron chi connectivity index (χ0n) is 10.9. The molecule has 6 heteroatoms. The van der Waals surface area contributed by atoms with Gasteiger partial charge in [-0.3, -0.25) is 0 Å². The molecule has 0 bridgehead atoms. The third-order valence-corrected chi connectivity index (χ3v) is 2.79. The monoisotopic (exact) mass is 266 g/mol. The summed E-state index contributed by atoms with van der Waals surface area (Å²) in [7, 11) is 0. The average Bonchev–Trinajstić information content (AvgIpc) is 2.61. The first-order chi connectivity index (χ1) is 9.02. The van der Waals surface area contributed by atoms with Gasteiger partial charge in [-0.2, -0.15) is 5.10 Å². The van der Waals surface area contributed by atoms with Gasteiger partial charge < -0.3 is 11.1 Å². The van der Waals surface area contributed by atoms with Gasteiger partial charge in [0.05, 0.1) is 17.1 Å². The normalized spacial score (nSPS) is 10.7. The van der Waals surface area contributed by atoms with Crippen molar-refractivity contribution in [3.63, 3.8) is 0 Å². The number of nitrogens with two attached hydrogens (primary N) is 1. The number of rotatable bonds is 4. The summed E-state index contributed by atoms with van der Waals surface area (Å²) in [5, 5.41) is 7.15. The van der Waals surface area contributed by atoms with E-state index in [9.17, 15) is 8.78 Å². The Balaban J connectivity index is 2.37. The molecule has 0 aliphatic carbocycles. The molecule has 0 fully saturated rings. The molecule has 0 aliphatic heterocycles. The second-order valence-corrected chi connectivity index (χ2v) is 4.32. The van der Waals surface area contributed by atoms with Gasteiger partial charge in [0.1, 0.15) is 11.6 Å². The van der Waals surface area contributed by atoms with E-state index in [1.54, 1.807) is 11.6 Å². The lowest BCUT2D eigenvalue weighted by Crippen LogP contribution is -2.06.